The number of piperidine rings is 1. The van der Waals surface area contributed by atoms with Crippen molar-refractivity contribution >= 4 is 38.1 Å². The van der Waals surface area contributed by atoms with Crippen LogP contribution in [0.25, 0.3) is 10.8 Å². The molecule has 0 atom stereocenters. The summed E-state index contributed by atoms with van der Waals surface area (Å²) in [5.74, 6) is 0.357. The molecule has 8 heteroatoms. The van der Waals surface area contributed by atoms with Crippen LogP contribution in [0, 0.1) is 5.92 Å². The third kappa shape index (κ3) is 5.56. The molecule has 0 radical (unpaired) electrons. The Bertz CT molecular complexity index is 1330. The molecule has 5 rings (SSSR count). The molecule has 2 heterocycles. The second-order valence-electron chi connectivity index (χ2n) is 9.87. The Morgan fingerprint density at radius 1 is 1.03 bits per heavy atom. The average molecular weight is 514 g/mol. The van der Waals surface area contributed by atoms with E-state index in [9.17, 15) is 13.2 Å². The Hall–Kier alpha value is -2.38. The van der Waals surface area contributed by atoms with Gasteiger partial charge in [-0.1, -0.05) is 23.7 Å². The maximum Gasteiger partial charge on any atom is 0.223 e. The zero-order chi connectivity index (χ0) is 24.4. The Balaban J connectivity index is 1.10. The number of likely N-dealkylation sites (tertiary alicyclic amines) is 1. The first kappa shape index (κ1) is 24.3. The van der Waals surface area contributed by atoms with E-state index < -0.39 is 9.84 Å². The Morgan fingerprint density at radius 3 is 2.60 bits per heavy atom. The molecule has 186 valence electrons. The number of rotatable bonds is 7. The Kier molecular flexibility index (Phi) is 7.17. The molecule has 2 aromatic carbocycles. The molecular weight excluding hydrogens is 482 g/mol. The number of sulfone groups is 1. The fourth-order valence-electron chi connectivity index (χ4n) is 5.40. The molecule has 0 N–H and O–H groups in total. The summed E-state index contributed by atoms with van der Waals surface area (Å²) in [6.07, 6.45) is 9.82. The highest BCUT2D eigenvalue weighted by atomic mass is 35.5. The summed E-state index contributed by atoms with van der Waals surface area (Å²) in [5, 5.41) is 2.33. The lowest BCUT2D eigenvalue weighted by molar-refractivity contribution is -0.132. The summed E-state index contributed by atoms with van der Waals surface area (Å²) in [6, 6.07) is 10.4. The number of amides is 1. The fraction of sp³-hybridized carbons (Fsp3) is 0.481. The smallest absolute Gasteiger partial charge is 0.223 e. The molecule has 1 aliphatic heterocycles. The highest BCUT2D eigenvalue weighted by Gasteiger charge is 2.25. The van der Waals surface area contributed by atoms with E-state index in [4.69, 9.17) is 11.6 Å². The summed E-state index contributed by atoms with van der Waals surface area (Å²) in [5.41, 5.74) is 2.69. The second-order valence-corrected chi connectivity index (χ2v) is 12.4. The van der Waals surface area contributed by atoms with Crippen molar-refractivity contribution in [3.05, 3.63) is 59.1 Å². The van der Waals surface area contributed by atoms with Crippen LogP contribution in [0.1, 0.15) is 49.9 Å². The van der Waals surface area contributed by atoms with E-state index in [0.717, 1.165) is 49.4 Å². The number of imidazole rings is 1. The first-order chi connectivity index (χ1) is 16.9. The molecule has 1 amide bonds. The molecule has 6 nitrogen and oxygen atoms in total. The first-order valence-corrected chi connectivity index (χ1v) is 14.6. The van der Waals surface area contributed by atoms with Gasteiger partial charge >= 0.3 is 0 Å². The van der Waals surface area contributed by atoms with Crippen molar-refractivity contribution in [2.75, 3.05) is 18.8 Å². The molecule has 1 aromatic heterocycles. The zero-order valence-electron chi connectivity index (χ0n) is 20.0. The molecule has 3 aromatic rings. The highest BCUT2D eigenvalue weighted by Crippen LogP contribution is 2.26. The molecule has 35 heavy (non-hydrogen) atoms. The van der Waals surface area contributed by atoms with E-state index in [0.29, 0.717) is 24.0 Å². The third-order valence-electron chi connectivity index (χ3n) is 7.57. The van der Waals surface area contributed by atoms with Gasteiger partial charge in [-0.2, -0.15) is 0 Å². The number of halogens is 1. The van der Waals surface area contributed by atoms with Gasteiger partial charge in [-0.3, -0.25) is 4.79 Å². The van der Waals surface area contributed by atoms with Gasteiger partial charge in [-0.15, -0.1) is 0 Å². The normalized spacial score (nSPS) is 17.0. The van der Waals surface area contributed by atoms with Gasteiger partial charge in [0.1, 0.15) is 0 Å². The van der Waals surface area contributed by atoms with Crippen molar-refractivity contribution < 1.29 is 13.2 Å². The van der Waals surface area contributed by atoms with Crippen LogP contribution in [0.5, 0.6) is 0 Å². The van der Waals surface area contributed by atoms with Crippen LogP contribution in [0.3, 0.4) is 0 Å². The topological polar surface area (TPSA) is 72.3 Å². The molecule has 0 bridgehead atoms. The van der Waals surface area contributed by atoms with Gasteiger partial charge < -0.3 is 9.47 Å². The SMILES string of the molecule is O=C(CCS(=O)(=O)c1ccc2cc(Cl)ccc2c1)N1CCC(CCn2cnc3c2CCCC3)CC1. The van der Waals surface area contributed by atoms with E-state index in [2.05, 4.69) is 9.55 Å². The van der Waals surface area contributed by atoms with Gasteiger partial charge in [0.15, 0.2) is 9.84 Å². The number of nitrogens with zero attached hydrogens (tertiary/aromatic N) is 3. The second kappa shape index (κ2) is 10.3. The number of fused-ring (bicyclic) bond motifs is 2. The van der Waals surface area contributed by atoms with Gasteiger partial charge in [0, 0.05) is 36.8 Å². The summed E-state index contributed by atoms with van der Waals surface area (Å²) in [7, 11) is -3.54. The van der Waals surface area contributed by atoms with Crippen LogP contribution >= 0.6 is 11.6 Å². The summed E-state index contributed by atoms with van der Waals surface area (Å²) in [6.45, 7) is 2.42. The Labute approximate surface area is 212 Å². The first-order valence-electron chi connectivity index (χ1n) is 12.6. The van der Waals surface area contributed by atoms with E-state index in [1.807, 2.05) is 23.4 Å². The van der Waals surface area contributed by atoms with Crippen molar-refractivity contribution in [2.24, 2.45) is 5.92 Å². The predicted octanol–water partition coefficient (Wildman–Crippen LogP) is 5.06. The number of carbonyl (C=O) groups is 1. The average Bonchev–Trinajstić information content (AvgIpc) is 3.29. The van der Waals surface area contributed by atoms with E-state index in [1.54, 1.807) is 24.3 Å². The molecule has 0 unspecified atom stereocenters. The number of aromatic nitrogens is 2. The van der Waals surface area contributed by atoms with Crippen LogP contribution in [-0.2, 0) is 34.0 Å². The number of aryl methyl sites for hydroxylation is 2. The largest absolute Gasteiger partial charge is 0.343 e. The lowest BCUT2D eigenvalue weighted by Gasteiger charge is -2.32. The lowest BCUT2D eigenvalue weighted by atomic mass is 9.93. The van der Waals surface area contributed by atoms with Crippen LogP contribution in [0.4, 0.5) is 0 Å². The van der Waals surface area contributed by atoms with Crippen molar-refractivity contribution in [1.82, 2.24) is 14.5 Å². The van der Waals surface area contributed by atoms with Crippen molar-refractivity contribution in [3.63, 3.8) is 0 Å². The number of benzene rings is 2. The maximum absolute atomic E-state index is 12.9. The highest BCUT2D eigenvalue weighted by molar-refractivity contribution is 7.91. The molecule has 1 saturated heterocycles. The quantitative estimate of drug-likeness (QED) is 0.442. The fourth-order valence-corrected chi connectivity index (χ4v) is 6.84. The minimum absolute atomic E-state index is 0.0207. The molecule has 1 fully saturated rings. The number of hydrogen-bond acceptors (Lipinski definition) is 4. The van der Waals surface area contributed by atoms with Gasteiger partial charge in [-0.05, 0) is 85.9 Å². The minimum Gasteiger partial charge on any atom is -0.343 e. The van der Waals surface area contributed by atoms with E-state index >= 15 is 0 Å². The van der Waals surface area contributed by atoms with Crippen molar-refractivity contribution in [3.8, 4) is 0 Å². The van der Waals surface area contributed by atoms with Gasteiger partial charge in [0.25, 0.3) is 0 Å². The van der Waals surface area contributed by atoms with E-state index in [-0.39, 0.29) is 23.0 Å². The molecule has 0 spiro atoms. The number of hydrogen-bond donors (Lipinski definition) is 0. The minimum atomic E-state index is -3.54. The van der Waals surface area contributed by atoms with Gasteiger partial charge in [0.05, 0.1) is 22.7 Å². The van der Waals surface area contributed by atoms with E-state index in [1.165, 1.54) is 24.2 Å². The molecular formula is C27H32ClN3O3S. The molecule has 1 aliphatic carbocycles. The number of carbonyl (C=O) groups excluding carboxylic acids is 1. The van der Waals surface area contributed by atoms with Crippen LogP contribution < -0.4 is 0 Å². The zero-order valence-corrected chi connectivity index (χ0v) is 21.5. The van der Waals surface area contributed by atoms with Gasteiger partial charge in [0.2, 0.25) is 5.91 Å². The summed E-state index contributed by atoms with van der Waals surface area (Å²) < 4.78 is 28.1. The lowest BCUT2D eigenvalue weighted by Crippen LogP contribution is -2.39. The van der Waals surface area contributed by atoms with Gasteiger partial charge in [-0.25, -0.2) is 13.4 Å². The summed E-state index contributed by atoms with van der Waals surface area (Å²) in [4.78, 5) is 19.5. The monoisotopic (exact) mass is 513 g/mol. The Morgan fingerprint density at radius 2 is 1.77 bits per heavy atom. The van der Waals surface area contributed by atoms with Crippen LogP contribution in [0.2, 0.25) is 5.02 Å². The van der Waals surface area contributed by atoms with Crippen molar-refractivity contribution in [2.45, 2.75) is 62.8 Å². The van der Waals surface area contributed by atoms with Crippen molar-refractivity contribution in [1.29, 1.82) is 0 Å². The summed E-state index contributed by atoms with van der Waals surface area (Å²) >= 11 is 6.02. The molecule has 2 aliphatic rings. The van der Waals surface area contributed by atoms with Crippen LogP contribution in [-0.4, -0.2) is 47.6 Å². The van der Waals surface area contributed by atoms with Crippen LogP contribution in [0.15, 0.2) is 47.6 Å². The predicted molar refractivity (Wildman–Crippen MR) is 138 cm³/mol. The maximum atomic E-state index is 12.9. The molecule has 0 saturated carbocycles. The third-order valence-corrected chi connectivity index (χ3v) is 9.52. The standard InChI is InChI=1S/C27H32ClN3O3S/c28-23-7-5-22-18-24(8-6-21(22)17-23)35(33,34)16-12-27(32)30-13-9-20(10-14-30)11-15-31-19-29-25-3-1-2-4-26(25)31/h5-8,17-20H,1-4,9-16H2.